The molecule has 5 nitrogen and oxygen atoms in total. The molecule has 0 aliphatic carbocycles. The number of nitrogens with one attached hydrogen (secondary N) is 1. The molecule has 7 heteroatoms. The lowest BCUT2D eigenvalue weighted by Crippen LogP contribution is -2.22. The van der Waals surface area contributed by atoms with Gasteiger partial charge in [0.2, 0.25) is 5.91 Å². The van der Waals surface area contributed by atoms with Gasteiger partial charge in [0.15, 0.2) is 0 Å². The summed E-state index contributed by atoms with van der Waals surface area (Å²) in [5, 5.41) is 11.6. The van der Waals surface area contributed by atoms with Crippen LogP contribution in [0.3, 0.4) is 0 Å². The van der Waals surface area contributed by atoms with Gasteiger partial charge in [-0.15, -0.1) is 0 Å². The van der Waals surface area contributed by atoms with Gasteiger partial charge in [-0.1, -0.05) is 15.9 Å². The standard InChI is InChI=1S/C16H15BrFNO4/c1-9-13(16(21)22)7-12(23-9)8-19-15(20)5-2-10-6-11(18)3-4-14(10)17/h3-4,6-7H,2,5,8H2,1H3,(H,19,20)(H,21,22). The number of carbonyl (C=O) groups excluding carboxylic acids is 1. The number of furan rings is 1. The summed E-state index contributed by atoms with van der Waals surface area (Å²) in [4.78, 5) is 22.7. The number of amides is 1. The molecule has 0 fully saturated rings. The molecule has 2 rings (SSSR count). The first-order chi connectivity index (χ1) is 10.9. The average molecular weight is 384 g/mol. The highest BCUT2D eigenvalue weighted by Gasteiger charge is 2.14. The molecule has 0 radical (unpaired) electrons. The molecule has 1 aromatic carbocycles. The molecule has 0 saturated carbocycles. The van der Waals surface area contributed by atoms with E-state index in [1.165, 1.54) is 18.2 Å². The zero-order valence-electron chi connectivity index (χ0n) is 12.4. The molecule has 2 N–H and O–H groups in total. The Labute approximate surface area is 140 Å². The number of carbonyl (C=O) groups is 2. The van der Waals surface area contributed by atoms with Crippen LogP contribution in [-0.2, 0) is 17.8 Å². The van der Waals surface area contributed by atoms with Crippen LogP contribution in [0, 0.1) is 12.7 Å². The Hall–Kier alpha value is -2.15. The van der Waals surface area contributed by atoms with Crippen molar-refractivity contribution in [3.8, 4) is 0 Å². The first kappa shape index (κ1) is 17.2. The van der Waals surface area contributed by atoms with Crippen LogP contribution in [0.2, 0.25) is 0 Å². The van der Waals surface area contributed by atoms with E-state index in [-0.39, 0.29) is 30.3 Å². The summed E-state index contributed by atoms with van der Waals surface area (Å²) in [6, 6.07) is 5.71. The van der Waals surface area contributed by atoms with Crippen LogP contribution in [0.25, 0.3) is 0 Å². The quantitative estimate of drug-likeness (QED) is 0.800. The molecular weight excluding hydrogens is 369 g/mol. The number of aromatic carboxylic acids is 1. The van der Waals surface area contributed by atoms with Crippen molar-refractivity contribution in [2.75, 3.05) is 0 Å². The number of halogens is 2. The predicted octanol–water partition coefficient (Wildman–Crippen LogP) is 3.44. The Balaban J connectivity index is 1.87. The highest BCUT2D eigenvalue weighted by atomic mass is 79.9. The van der Waals surface area contributed by atoms with E-state index in [1.807, 2.05) is 0 Å². The maximum Gasteiger partial charge on any atom is 0.339 e. The molecule has 1 amide bonds. The summed E-state index contributed by atoms with van der Waals surface area (Å²) in [5.74, 6) is -0.978. The van der Waals surface area contributed by atoms with E-state index in [0.29, 0.717) is 23.5 Å². The zero-order chi connectivity index (χ0) is 17.0. The maximum absolute atomic E-state index is 13.2. The fraction of sp³-hybridized carbons (Fsp3) is 0.250. The Morgan fingerprint density at radius 1 is 1.35 bits per heavy atom. The average Bonchev–Trinajstić information content (AvgIpc) is 2.87. The van der Waals surface area contributed by atoms with Gasteiger partial charge in [0.05, 0.1) is 6.54 Å². The van der Waals surface area contributed by atoms with Gasteiger partial charge in [-0.25, -0.2) is 9.18 Å². The highest BCUT2D eigenvalue weighted by Crippen LogP contribution is 2.19. The largest absolute Gasteiger partial charge is 0.478 e. The molecule has 0 aliphatic rings. The molecule has 1 heterocycles. The van der Waals surface area contributed by atoms with Crippen molar-refractivity contribution in [3.05, 3.63) is 57.2 Å². The lowest BCUT2D eigenvalue weighted by atomic mass is 10.1. The van der Waals surface area contributed by atoms with Crippen molar-refractivity contribution in [1.82, 2.24) is 5.32 Å². The van der Waals surface area contributed by atoms with Gasteiger partial charge in [0.1, 0.15) is 22.9 Å². The second-order valence-electron chi connectivity index (χ2n) is 5.00. The van der Waals surface area contributed by atoms with Gasteiger partial charge in [0, 0.05) is 10.9 Å². The summed E-state index contributed by atoms with van der Waals surface area (Å²) in [6.07, 6.45) is 0.579. The van der Waals surface area contributed by atoms with Crippen molar-refractivity contribution in [3.63, 3.8) is 0 Å². The minimum absolute atomic E-state index is 0.0814. The number of rotatable bonds is 6. The van der Waals surface area contributed by atoms with E-state index in [0.717, 1.165) is 4.47 Å². The van der Waals surface area contributed by atoms with Crippen LogP contribution >= 0.6 is 15.9 Å². The number of hydrogen-bond donors (Lipinski definition) is 2. The Kier molecular flexibility index (Phi) is 5.54. The zero-order valence-corrected chi connectivity index (χ0v) is 13.9. The van der Waals surface area contributed by atoms with Gasteiger partial charge in [-0.3, -0.25) is 4.79 Å². The van der Waals surface area contributed by atoms with Gasteiger partial charge in [-0.2, -0.15) is 0 Å². The highest BCUT2D eigenvalue weighted by molar-refractivity contribution is 9.10. The topological polar surface area (TPSA) is 79.5 Å². The second kappa shape index (κ2) is 7.41. The molecular formula is C16H15BrFNO4. The van der Waals surface area contributed by atoms with Crippen LogP contribution in [0.4, 0.5) is 4.39 Å². The van der Waals surface area contributed by atoms with Crippen molar-refractivity contribution in [2.45, 2.75) is 26.3 Å². The molecule has 0 atom stereocenters. The van der Waals surface area contributed by atoms with Crippen LogP contribution < -0.4 is 5.32 Å². The Morgan fingerprint density at radius 3 is 2.74 bits per heavy atom. The molecule has 2 aromatic rings. The van der Waals surface area contributed by atoms with Crippen molar-refractivity contribution in [1.29, 1.82) is 0 Å². The van der Waals surface area contributed by atoms with Crippen molar-refractivity contribution < 1.29 is 23.5 Å². The summed E-state index contributed by atoms with van der Waals surface area (Å²) in [6.45, 7) is 1.66. The van der Waals surface area contributed by atoms with Gasteiger partial charge < -0.3 is 14.8 Å². The second-order valence-corrected chi connectivity index (χ2v) is 5.85. The Morgan fingerprint density at radius 2 is 2.09 bits per heavy atom. The van der Waals surface area contributed by atoms with Crippen molar-refractivity contribution >= 4 is 27.8 Å². The first-order valence-electron chi connectivity index (χ1n) is 6.90. The summed E-state index contributed by atoms with van der Waals surface area (Å²) in [5.41, 5.74) is 0.792. The number of carboxylic acids is 1. The van der Waals surface area contributed by atoms with E-state index >= 15 is 0 Å². The van der Waals surface area contributed by atoms with Crippen LogP contribution in [0.5, 0.6) is 0 Å². The first-order valence-corrected chi connectivity index (χ1v) is 7.69. The molecule has 122 valence electrons. The molecule has 0 saturated heterocycles. The number of hydrogen-bond acceptors (Lipinski definition) is 3. The summed E-state index contributed by atoms with van der Waals surface area (Å²) >= 11 is 3.31. The third-order valence-electron chi connectivity index (χ3n) is 3.29. The lowest BCUT2D eigenvalue weighted by molar-refractivity contribution is -0.121. The van der Waals surface area contributed by atoms with E-state index in [1.54, 1.807) is 13.0 Å². The summed E-state index contributed by atoms with van der Waals surface area (Å²) in [7, 11) is 0. The fourth-order valence-electron chi connectivity index (χ4n) is 2.10. The molecule has 0 spiro atoms. The lowest BCUT2D eigenvalue weighted by Gasteiger charge is -2.05. The SMILES string of the molecule is Cc1oc(CNC(=O)CCc2cc(F)ccc2Br)cc1C(=O)O. The number of carboxylic acid groups (broad SMARTS) is 1. The summed E-state index contributed by atoms with van der Waals surface area (Å²) < 4.78 is 19.2. The molecule has 0 aliphatic heterocycles. The molecule has 0 unspecified atom stereocenters. The smallest absolute Gasteiger partial charge is 0.339 e. The van der Waals surface area contributed by atoms with E-state index in [4.69, 9.17) is 9.52 Å². The minimum atomic E-state index is -1.07. The van der Waals surface area contributed by atoms with Gasteiger partial charge in [-0.05, 0) is 43.2 Å². The van der Waals surface area contributed by atoms with Gasteiger partial charge >= 0.3 is 5.97 Å². The van der Waals surface area contributed by atoms with E-state index in [9.17, 15) is 14.0 Å². The van der Waals surface area contributed by atoms with Crippen LogP contribution in [0.15, 0.2) is 33.2 Å². The minimum Gasteiger partial charge on any atom is -0.478 e. The third kappa shape index (κ3) is 4.66. The van der Waals surface area contributed by atoms with E-state index in [2.05, 4.69) is 21.2 Å². The van der Waals surface area contributed by atoms with Crippen molar-refractivity contribution in [2.24, 2.45) is 0 Å². The monoisotopic (exact) mass is 383 g/mol. The number of benzene rings is 1. The third-order valence-corrected chi connectivity index (χ3v) is 4.06. The normalized spacial score (nSPS) is 10.6. The fourth-order valence-corrected chi connectivity index (χ4v) is 2.55. The predicted molar refractivity (Wildman–Crippen MR) is 84.7 cm³/mol. The Bertz CT molecular complexity index is 742. The molecule has 1 aromatic heterocycles. The van der Waals surface area contributed by atoms with E-state index < -0.39 is 5.97 Å². The number of aryl methyl sites for hydroxylation is 2. The maximum atomic E-state index is 13.2. The van der Waals surface area contributed by atoms with Crippen LogP contribution in [0.1, 0.15) is 33.9 Å². The van der Waals surface area contributed by atoms with Crippen LogP contribution in [-0.4, -0.2) is 17.0 Å². The molecule has 23 heavy (non-hydrogen) atoms. The van der Waals surface area contributed by atoms with Gasteiger partial charge in [0.25, 0.3) is 0 Å². The molecule has 0 bridgehead atoms.